The first-order valence-electron chi connectivity index (χ1n) is 7.95. The van der Waals surface area contributed by atoms with Crippen molar-refractivity contribution in [2.75, 3.05) is 13.2 Å². The van der Waals surface area contributed by atoms with Crippen molar-refractivity contribution in [1.29, 1.82) is 0 Å². The molecule has 26 heavy (non-hydrogen) atoms. The highest BCUT2D eigenvalue weighted by Gasteiger charge is 2.07. The summed E-state index contributed by atoms with van der Waals surface area (Å²) >= 11 is 0. The van der Waals surface area contributed by atoms with Crippen molar-refractivity contribution in [2.45, 2.75) is 6.92 Å². The van der Waals surface area contributed by atoms with Gasteiger partial charge in [-0.3, -0.25) is 20.4 Å². The molecule has 2 aromatic rings. The van der Waals surface area contributed by atoms with E-state index in [9.17, 15) is 14.0 Å². The average Bonchev–Trinajstić information content (AvgIpc) is 2.65. The molecule has 0 unspecified atom stereocenters. The SMILES string of the molecule is CCOc1ccccc1OCC(=O)NNC(=O)C=Cc1ccc(F)cc1. The van der Waals surface area contributed by atoms with Crippen molar-refractivity contribution in [3.63, 3.8) is 0 Å². The number of amides is 2. The number of hydrogen-bond donors (Lipinski definition) is 2. The number of para-hydroxylation sites is 2. The number of ether oxygens (including phenoxy) is 2. The third kappa shape index (κ3) is 6.27. The molecule has 2 amide bonds. The Balaban J connectivity index is 1.76. The molecule has 0 atom stereocenters. The lowest BCUT2D eigenvalue weighted by Gasteiger charge is -2.11. The maximum absolute atomic E-state index is 12.8. The zero-order chi connectivity index (χ0) is 18.8. The lowest BCUT2D eigenvalue weighted by molar-refractivity contribution is -0.128. The van der Waals surface area contributed by atoms with Crippen molar-refractivity contribution in [2.24, 2.45) is 0 Å². The highest BCUT2D eigenvalue weighted by molar-refractivity contribution is 5.93. The number of hydrazine groups is 1. The molecule has 136 valence electrons. The molecular weight excluding hydrogens is 339 g/mol. The number of halogens is 1. The van der Waals surface area contributed by atoms with Crippen molar-refractivity contribution >= 4 is 17.9 Å². The summed E-state index contributed by atoms with van der Waals surface area (Å²) in [6, 6.07) is 12.6. The zero-order valence-corrected chi connectivity index (χ0v) is 14.2. The first-order chi connectivity index (χ1) is 12.6. The summed E-state index contributed by atoms with van der Waals surface area (Å²) in [7, 11) is 0. The molecule has 0 bridgehead atoms. The summed E-state index contributed by atoms with van der Waals surface area (Å²) in [5, 5.41) is 0. The van der Waals surface area contributed by atoms with Gasteiger partial charge >= 0.3 is 0 Å². The molecule has 2 rings (SSSR count). The highest BCUT2D eigenvalue weighted by atomic mass is 19.1. The van der Waals surface area contributed by atoms with Crippen LogP contribution in [0.25, 0.3) is 6.08 Å². The van der Waals surface area contributed by atoms with E-state index in [1.54, 1.807) is 24.3 Å². The molecule has 2 N–H and O–H groups in total. The van der Waals surface area contributed by atoms with Crippen molar-refractivity contribution in [1.82, 2.24) is 10.9 Å². The Hall–Kier alpha value is -3.35. The molecule has 6 nitrogen and oxygen atoms in total. The molecule has 7 heteroatoms. The highest BCUT2D eigenvalue weighted by Crippen LogP contribution is 2.26. The standard InChI is InChI=1S/C19H19FN2O4/c1-2-25-16-5-3-4-6-17(16)26-13-19(24)22-21-18(23)12-9-14-7-10-15(20)11-8-14/h3-12H,2,13H2,1H3,(H,21,23)(H,22,24). The van der Waals surface area contributed by atoms with Crippen LogP contribution in [-0.4, -0.2) is 25.0 Å². The molecule has 0 fully saturated rings. The quantitative estimate of drug-likeness (QED) is 0.589. The minimum Gasteiger partial charge on any atom is -0.490 e. The molecular formula is C19H19FN2O4. The fourth-order valence-corrected chi connectivity index (χ4v) is 1.94. The molecule has 0 aliphatic carbocycles. The number of benzene rings is 2. The molecule has 0 radical (unpaired) electrons. The normalized spacial score (nSPS) is 10.4. The Morgan fingerprint density at radius 3 is 2.31 bits per heavy atom. The number of hydrogen-bond acceptors (Lipinski definition) is 4. The Bertz CT molecular complexity index is 775. The van der Waals surface area contributed by atoms with Gasteiger partial charge in [0.15, 0.2) is 18.1 Å². The largest absolute Gasteiger partial charge is 0.490 e. The average molecular weight is 358 g/mol. The van der Waals surface area contributed by atoms with Gasteiger partial charge in [-0.1, -0.05) is 24.3 Å². The Labute approximate surface area is 150 Å². The van der Waals surface area contributed by atoms with Crippen LogP contribution in [0.2, 0.25) is 0 Å². The van der Waals surface area contributed by atoms with Gasteiger partial charge in [0.2, 0.25) is 0 Å². The smallest absolute Gasteiger partial charge is 0.276 e. The van der Waals surface area contributed by atoms with E-state index < -0.39 is 11.8 Å². The number of rotatable bonds is 7. The summed E-state index contributed by atoms with van der Waals surface area (Å²) in [5.41, 5.74) is 5.12. The van der Waals surface area contributed by atoms with Crippen LogP contribution in [0.15, 0.2) is 54.6 Å². The minimum atomic E-state index is -0.530. The molecule has 0 aliphatic heterocycles. The predicted octanol–water partition coefficient (Wildman–Crippen LogP) is 2.46. The van der Waals surface area contributed by atoms with E-state index in [-0.39, 0.29) is 12.4 Å². The van der Waals surface area contributed by atoms with Crippen molar-refractivity contribution in [3.05, 3.63) is 66.0 Å². The molecule has 0 aliphatic rings. The van der Waals surface area contributed by atoms with Gasteiger partial charge in [0.25, 0.3) is 11.8 Å². The molecule has 2 aromatic carbocycles. The third-order valence-corrected chi connectivity index (χ3v) is 3.13. The first kappa shape index (κ1) is 19.0. The molecule has 0 aromatic heterocycles. The minimum absolute atomic E-state index is 0.286. The van der Waals surface area contributed by atoms with E-state index in [0.29, 0.717) is 23.7 Å². The van der Waals surface area contributed by atoms with E-state index in [2.05, 4.69) is 10.9 Å². The predicted molar refractivity (Wildman–Crippen MR) is 94.8 cm³/mol. The molecule has 0 heterocycles. The van der Waals surface area contributed by atoms with E-state index in [4.69, 9.17) is 9.47 Å². The Morgan fingerprint density at radius 1 is 1.00 bits per heavy atom. The van der Waals surface area contributed by atoms with E-state index in [0.717, 1.165) is 0 Å². The van der Waals surface area contributed by atoms with Crippen molar-refractivity contribution < 1.29 is 23.5 Å². The van der Waals surface area contributed by atoms with Gasteiger partial charge in [-0.15, -0.1) is 0 Å². The van der Waals surface area contributed by atoms with Crippen LogP contribution >= 0.6 is 0 Å². The van der Waals surface area contributed by atoms with Gasteiger partial charge in [-0.25, -0.2) is 4.39 Å². The summed E-state index contributed by atoms with van der Waals surface area (Å²) in [4.78, 5) is 23.4. The van der Waals surface area contributed by atoms with Crippen LogP contribution in [0.4, 0.5) is 4.39 Å². The van der Waals surface area contributed by atoms with Crippen molar-refractivity contribution in [3.8, 4) is 11.5 Å². The number of nitrogens with one attached hydrogen (secondary N) is 2. The van der Waals surface area contributed by atoms with E-state index >= 15 is 0 Å². The second kappa shape index (κ2) is 9.83. The van der Waals surface area contributed by atoms with Crippen LogP contribution in [0.1, 0.15) is 12.5 Å². The fourth-order valence-electron chi connectivity index (χ4n) is 1.94. The second-order valence-electron chi connectivity index (χ2n) is 5.09. The van der Waals surface area contributed by atoms with Gasteiger partial charge in [0.05, 0.1) is 6.61 Å². The van der Waals surface area contributed by atoms with Crippen LogP contribution in [-0.2, 0) is 9.59 Å². The van der Waals surface area contributed by atoms with Crippen LogP contribution in [0.5, 0.6) is 11.5 Å². The summed E-state index contributed by atoms with van der Waals surface area (Å²) in [6.07, 6.45) is 2.72. The van der Waals surface area contributed by atoms with E-state index in [1.165, 1.54) is 36.4 Å². The monoisotopic (exact) mass is 358 g/mol. The second-order valence-corrected chi connectivity index (χ2v) is 5.09. The van der Waals surface area contributed by atoms with E-state index in [1.807, 2.05) is 6.92 Å². The summed E-state index contributed by atoms with van der Waals surface area (Å²) in [6.45, 7) is 2.04. The maximum atomic E-state index is 12.8. The number of carbonyl (C=O) groups is 2. The first-order valence-corrected chi connectivity index (χ1v) is 7.95. The summed E-state index contributed by atoms with van der Waals surface area (Å²) < 4.78 is 23.6. The maximum Gasteiger partial charge on any atom is 0.276 e. The Kier molecular flexibility index (Phi) is 7.17. The van der Waals surface area contributed by atoms with Gasteiger partial charge < -0.3 is 9.47 Å². The molecule has 0 saturated carbocycles. The fraction of sp³-hybridized carbons (Fsp3) is 0.158. The van der Waals surface area contributed by atoms with Gasteiger partial charge in [0.1, 0.15) is 5.82 Å². The number of carbonyl (C=O) groups excluding carboxylic acids is 2. The van der Waals surface area contributed by atoms with Gasteiger partial charge in [-0.2, -0.15) is 0 Å². The molecule has 0 spiro atoms. The topological polar surface area (TPSA) is 76.7 Å². The van der Waals surface area contributed by atoms with Crippen LogP contribution < -0.4 is 20.3 Å². The van der Waals surface area contributed by atoms with Gasteiger partial charge in [-0.05, 0) is 42.8 Å². The Morgan fingerprint density at radius 2 is 1.65 bits per heavy atom. The van der Waals surface area contributed by atoms with Crippen LogP contribution in [0, 0.1) is 5.82 Å². The third-order valence-electron chi connectivity index (χ3n) is 3.13. The molecule has 0 saturated heterocycles. The van der Waals surface area contributed by atoms with Gasteiger partial charge in [0, 0.05) is 6.08 Å². The van der Waals surface area contributed by atoms with Crippen LogP contribution in [0.3, 0.4) is 0 Å². The lowest BCUT2D eigenvalue weighted by Crippen LogP contribution is -2.43. The summed E-state index contributed by atoms with van der Waals surface area (Å²) in [5.74, 6) is -0.442. The zero-order valence-electron chi connectivity index (χ0n) is 14.2. The lowest BCUT2D eigenvalue weighted by atomic mass is 10.2.